The fourth-order valence-electron chi connectivity index (χ4n) is 1.62. The molecule has 0 atom stereocenters. The van der Waals surface area contributed by atoms with Crippen molar-refractivity contribution in [1.29, 1.82) is 0 Å². The van der Waals surface area contributed by atoms with Gasteiger partial charge in [0.05, 0.1) is 12.8 Å². The number of hydrogen-bond donors (Lipinski definition) is 2. The molecule has 0 fully saturated rings. The lowest BCUT2D eigenvalue weighted by atomic mass is 10.3. The third-order valence-corrected chi connectivity index (χ3v) is 3.01. The van der Waals surface area contributed by atoms with Crippen LogP contribution in [-0.4, -0.2) is 12.5 Å². The first kappa shape index (κ1) is 13.8. The maximum atomic E-state index is 11.7. The van der Waals surface area contributed by atoms with Gasteiger partial charge < -0.3 is 15.1 Å². The molecule has 0 radical (unpaired) electrons. The van der Waals surface area contributed by atoms with Crippen molar-refractivity contribution in [3.8, 4) is 0 Å². The lowest BCUT2D eigenvalue weighted by Gasteiger charge is -2.06. The van der Waals surface area contributed by atoms with Crippen LogP contribution in [0.5, 0.6) is 0 Å². The lowest BCUT2D eigenvalue weighted by Crippen LogP contribution is -2.21. The van der Waals surface area contributed by atoms with Crippen LogP contribution in [-0.2, 0) is 11.3 Å². The standard InChI is InChI=1S/C14H15BrN2O2/c15-11-3-1-4-12(9-11)17-14(18)6-7-16-10-13-5-2-8-19-13/h1-5,8-9,16H,6-7,10H2,(H,17,18). The molecule has 0 saturated heterocycles. The van der Waals surface area contributed by atoms with Crippen LogP contribution in [0.1, 0.15) is 12.2 Å². The zero-order valence-electron chi connectivity index (χ0n) is 10.4. The zero-order chi connectivity index (χ0) is 13.5. The van der Waals surface area contributed by atoms with E-state index in [4.69, 9.17) is 4.42 Å². The Morgan fingerprint density at radius 3 is 2.89 bits per heavy atom. The summed E-state index contributed by atoms with van der Waals surface area (Å²) in [5.74, 6) is 0.859. The van der Waals surface area contributed by atoms with Gasteiger partial charge in [-0.25, -0.2) is 0 Å². The maximum absolute atomic E-state index is 11.7. The second-order valence-corrected chi connectivity index (χ2v) is 4.98. The van der Waals surface area contributed by atoms with Gasteiger partial charge in [-0.1, -0.05) is 22.0 Å². The molecular weight excluding hydrogens is 308 g/mol. The number of anilines is 1. The van der Waals surface area contributed by atoms with Gasteiger partial charge >= 0.3 is 0 Å². The van der Waals surface area contributed by atoms with Gasteiger partial charge in [0.15, 0.2) is 0 Å². The number of rotatable bonds is 6. The largest absolute Gasteiger partial charge is 0.468 e. The molecule has 0 aliphatic heterocycles. The molecule has 0 bridgehead atoms. The fraction of sp³-hybridized carbons (Fsp3) is 0.214. The van der Waals surface area contributed by atoms with Crippen molar-refractivity contribution < 1.29 is 9.21 Å². The van der Waals surface area contributed by atoms with Crippen LogP contribution in [0.25, 0.3) is 0 Å². The predicted octanol–water partition coefficient (Wildman–Crippen LogP) is 3.16. The van der Waals surface area contributed by atoms with Crippen LogP contribution in [0.3, 0.4) is 0 Å². The molecule has 1 aromatic carbocycles. The number of carbonyl (C=O) groups excluding carboxylic acids is 1. The number of hydrogen-bond acceptors (Lipinski definition) is 3. The molecule has 2 rings (SSSR count). The fourth-order valence-corrected chi connectivity index (χ4v) is 2.02. The molecule has 4 nitrogen and oxygen atoms in total. The smallest absolute Gasteiger partial charge is 0.225 e. The lowest BCUT2D eigenvalue weighted by molar-refractivity contribution is -0.116. The molecule has 2 N–H and O–H groups in total. The summed E-state index contributed by atoms with van der Waals surface area (Å²) in [5, 5.41) is 6.00. The van der Waals surface area contributed by atoms with E-state index in [1.807, 2.05) is 36.4 Å². The van der Waals surface area contributed by atoms with Gasteiger partial charge in [-0.3, -0.25) is 4.79 Å². The number of amides is 1. The SMILES string of the molecule is O=C(CCNCc1ccco1)Nc1cccc(Br)c1. The van der Waals surface area contributed by atoms with E-state index in [0.717, 1.165) is 15.9 Å². The predicted molar refractivity (Wildman–Crippen MR) is 77.8 cm³/mol. The summed E-state index contributed by atoms with van der Waals surface area (Å²) in [7, 11) is 0. The van der Waals surface area contributed by atoms with Crippen molar-refractivity contribution in [3.63, 3.8) is 0 Å². The van der Waals surface area contributed by atoms with Crippen LogP contribution in [0.2, 0.25) is 0 Å². The Kier molecular flexibility index (Phi) is 5.18. The van der Waals surface area contributed by atoms with E-state index in [-0.39, 0.29) is 5.91 Å². The van der Waals surface area contributed by atoms with Crippen LogP contribution in [0.4, 0.5) is 5.69 Å². The molecule has 0 saturated carbocycles. The van der Waals surface area contributed by atoms with E-state index in [2.05, 4.69) is 26.6 Å². The first-order valence-electron chi connectivity index (χ1n) is 6.02. The van der Waals surface area contributed by atoms with Crippen molar-refractivity contribution >= 4 is 27.5 Å². The third kappa shape index (κ3) is 4.89. The van der Waals surface area contributed by atoms with Gasteiger partial charge in [-0.2, -0.15) is 0 Å². The van der Waals surface area contributed by atoms with Gasteiger partial charge in [0.2, 0.25) is 5.91 Å². The van der Waals surface area contributed by atoms with E-state index in [9.17, 15) is 4.79 Å². The Hall–Kier alpha value is -1.59. The second-order valence-electron chi connectivity index (χ2n) is 4.06. The monoisotopic (exact) mass is 322 g/mol. The number of benzene rings is 1. The molecule has 1 heterocycles. The van der Waals surface area contributed by atoms with Gasteiger partial charge in [0.1, 0.15) is 5.76 Å². The molecule has 0 spiro atoms. The molecule has 1 aromatic heterocycles. The summed E-state index contributed by atoms with van der Waals surface area (Å²) in [4.78, 5) is 11.7. The van der Waals surface area contributed by atoms with Gasteiger partial charge in [0.25, 0.3) is 0 Å². The minimum Gasteiger partial charge on any atom is -0.468 e. The molecule has 100 valence electrons. The minimum absolute atomic E-state index is 0.00922. The van der Waals surface area contributed by atoms with E-state index in [0.29, 0.717) is 19.5 Å². The average Bonchev–Trinajstić information content (AvgIpc) is 2.88. The van der Waals surface area contributed by atoms with E-state index >= 15 is 0 Å². The Morgan fingerprint density at radius 1 is 1.26 bits per heavy atom. The van der Waals surface area contributed by atoms with Gasteiger partial charge in [0, 0.05) is 23.1 Å². The number of carbonyl (C=O) groups is 1. The summed E-state index contributed by atoms with van der Waals surface area (Å²) in [6, 6.07) is 11.3. The molecule has 0 aliphatic rings. The van der Waals surface area contributed by atoms with Crippen molar-refractivity contribution in [2.45, 2.75) is 13.0 Å². The summed E-state index contributed by atoms with van der Waals surface area (Å²) >= 11 is 3.36. The van der Waals surface area contributed by atoms with Crippen molar-refractivity contribution in [2.24, 2.45) is 0 Å². The highest BCUT2D eigenvalue weighted by Crippen LogP contribution is 2.15. The van der Waals surface area contributed by atoms with Crippen LogP contribution >= 0.6 is 15.9 Å². The van der Waals surface area contributed by atoms with Crippen LogP contribution < -0.4 is 10.6 Å². The summed E-state index contributed by atoms with van der Waals surface area (Å²) in [6.45, 7) is 1.25. The Labute approximate surface area is 120 Å². The highest BCUT2D eigenvalue weighted by Gasteiger charge is 2.02. The average molecular weight is 323 g/mol. The molecule has 5 heteroatoms. The Bertz CT molecular complexity index is 526. The molecule has 0 unspecified atom stereocenters. The Balaban J connectivity index is 1.67. The van der Waals surface area contributed by atoms with Crippen LogP contribution in [0, 0.1) is 0 Å². The molecular formula is C14H15BrN2O2. The number of furan rings is 1. The van der Waals surface area contributed by atoms with Crippen molar-refractivity contribution in [2.75, 3.05) is 11.9 Å². The molecule has 2 aromatic rings. The molecule has 1 amide bonds. The summed E-state index contributed by atoms with van der Waals surface area (Å²) < 4.78 is 6.13. The van der Waals surface area contributed by atoms with Crippen molar-refractivity contribution in [3.05, 3.63) is 52.9 Å². The van der Waals surface area contributed by atoms with Gasteiger partial charge in [-0.15, -0.1) is 0 Å². The van der Waals surface area contributed by atoms with Crippen molar-refractivity contribution in [1.82, 2.24) is 5.32 Å². The molecule has 19 heavy (non-hydrogen) atoms. The normalized spacial score (nSPS) is 10.4. The zero-order valence-corrected chi connectivity index (χ0v) is 11.9. The maximum Gasteiger partial charge on any atom is 0.225 e. The van der Waals surface area contributed by atoms with E-state index in [1.54, 1.807) is 6.26 Å². The second kappa shape index (κ2) is 7.11. The highest BCUT2D eigenvalue weighted by atomic mass is 79.9. The first-order valence-corrected chi connectivity index (χ1v) is 6.82. The number of halogens is 1. The minimum atomic E-state index is -0.00922. The van der Waals surface area contributed by atoms with E-state index < -0.39 is 0 Å². The van der Waals surface area contributed by atoms with Crippen LogP contribution in [0.15, 0.2) is 51.6 Å². The quantitative estimate of drug-likeness (QED) is 0.803. The van der Waals surface area contributed by atoms with E-state index in [1.165, 1.54) is 0 Å². The summed E-state index contributed by atoms with van der Waals surface area (Å²) in [6.07, 6.45) is 2.06. The first-order chi connectivity index (χ1) is 9.24. The highest BCUT2D eigenvalue weighted by molar-refractivity contribution is 9.10. The summed E-state index contributed by atoms with van der Waals surface area (Å²) in [5.41, 5.74) is 0.797. The molecule has 0 aliphatic carbocycles. The third-order valence-electron chi connectivity index (χ3n) is 2.52. The number of nitrogens with one attached hydrogen (secondary N) is 2. The Morgan fingerprint density at radius 2 is 2.16 bits per heavy atom. The topological polar surface area (TPSA) is 54.3 Å². The van der Waals surface area contributed by atoms with Gasteiger partial charge in [-0.05, 0) is 30.3 Å².